The maximum absolute atomic E-state index is 12.0. The zero-order valence-electron chi connectivity index (χ0n) is 14.5. The fraction of sp³-hybridized carbons (Fsp3) is 0.389. The standard InChI is InChI=1S/C18H21NO6/c1-18(2,3)25-17(22)19-9-8-16(21)23-11-13(20)15-10-12-6-4-5-7-14(12)24-15/h4-7,10H,8-9,11H2,1-3H3,(H,19,22). The van der Waals surface area contributed by atoms with E-state index >= 15 is 0 Å². The lowest BCUT2D eigenvalue weighted by Crippen LogP contribution is -2.33. The second-order valence-electron chi connectivity index (χ2n) is 6.41. The van der Waals surface area contributed by atoms with Gasteiger partial charge in [-0.3, -0.25) is 9.59 Å². The molecule has 0 aliphatic heterocycles. The molecule has 1 amide bonds. The van der Waals surface area contributed by atoms with Crippen LogP contribution in [0.25, 0.3) is 11.0 Å². The van der Waals surface area contributed by atoms with Crippen LogP contribution < -0.4 is 5.32 Å². The number of para-hydroxylation sites is 1. The number of carbonyl (C=O) groups is 3. The lowest BCUT2D eigenvalue weighted by atomic mass is 10.2. The first-order valence-corrected chi connectivity index (χ1v) is 7.89. The number of esters is 1. The molecule has 25 heavy (non-hydrogen) atoms. The number of Topliss-reactive ketones (excluding diaryl/α,β-unsaturated/α-hetero) is 1. The molecular formula is C18H21NO6. The minimum absolute atomic E-state index is 0.0621. The number of hydrogen-bond acceptors (Lipinski definition) is 6. The summed E-state index contributed by atoms with van der Waals surface area (Å²) in [7, 11) is 0. The van der Waals surface area contributed by atoms with Crippen LogP contribution in [0.1, 0.15) is 37.7 Å². The molecule has 1 N–H and O–H groups in total. The topological polar surface area (TPSA) is 94.8 Å². The Morgan fingerprint density at radius 1 is 1.16 bits per heavy atom. The zero-order chi connectivity index (χ0) is 18.4. The molecule has 0 radical (unpaired) electrons. The van der Waals surface area contributed by atoms with Gasteiger partial charge < -0.3 is 19.2 Å². The molecule has 1 aromatic heterocycles. The van der Waals surface area contributed by atoms with Crippen molar-refractivity contribution in [2.24, 2.45) is 0 Å². The van der Waals surface area contributed by atoms with Crippen molar-refractivity contribution < 1.29 is 28.3 Å². The Balaban J connectivity index is 1.72. The molecule has 7 heteroatoms. The number of alkyl carbamates (subject to hydrolysis) is 1. The van der Waals surface area contributed by atoms with Crippen LogP contribution in [0.15, 0.2) is 34.7 Å². The summed E-state index contributed by atoms with van der Waals surface area (Å²) < 4.78 is 15.3. The number of furan rings is 1. The smallest absolute Gasteiger partial charge is 0.407 e. The van der Waals surface area contributed by atoms with Gasteiger partial charge in [-0.2, -0.15) is 0 Å². The molecule has 2 aromatic rings. The summed E-state index contributed by atoms with van der Waals surface area (Å²) in [5.74, 6) is -0.883. The molecule has 0 saturated heterocycles. The van der Waals surface area contributed by atoms with Gasteiger partial charge in [0.25, 0.3) is 0 Å². The van der Waals surface area contributed by atoms with Crippen LogP contribution >= 0.6 is 0 Å². The van der Waals surface area contributed by atoms with Gasteiger partial charge in [-0.15, -0.1) is 0 Å². The van der Waals surface area contributed by atoms with Crippen molar-refractivity contribution in [3.8, 4) is 0 Å². The highest BCUT2D eigenvalue weighted by atomic mass is 16.6. The minimum Gasteiger partial charge on any atom is -0.457 e. The fourth-order valence-electron chi connectivity index (χ4n) is 1.99. The predicted octanol–water partition coefficient (Wildman–Crippen LogP) is 3.07. The maximum atomic E-state index is 12.0. The molecule has 0 saturated carbocycles. The Labute approximate surface area is 145 Å². The van der Waals surface area contributed by atoms with Crippen molar-refractivity contribution in [3.63, 3.8) is 0 Å². The van der Waals surface area contributed by atoms with E-state index in [0.29, 0.717) is 5.58 Å². The van der Waals surface area contributed by atoms with Gasteiger partial charge >= 0.3 is 12.1 Å². The van der Waals surface area contributed by atoms with Crippen molar-refractivity contribution in [2.75, 3.05) is 13.2 Å². The third-order valence-electron chi connectivity index (χ3n) is 3.06. The molecule has 1 aromatic carbocycles. The number of amides is 1. The second kappa shape index (κ2) is 7.83. The number of ketones is 1. The van der Waals surface area contributed by atoms with Gasteiger partial charge in [0.15, 0.2) is 12.4 Å². The molecular weight excluding hydrogens is 326 g/mol. The fourth-order valence-corrected chi connectivity index (χ4v) is 1.99. The molecule has 134 valence electrons. The summed E-state index contributed by atoms with van der Waals surface area (Å²) in [6.45, 7) is 4.87. The number of benzene rings is 1. The summed E-state index contributed by atoms with van der Waals surface area (Å²) in [6.07, 6.45) is -0.675. The summed E-state index contributed by atoms with van der Waals surface area (Å²) in [5, 5.41) is 3.25. The van der Waals surface area contributed by atoms with Crippen LogP contribution in [0.2, 0.25) is 0 Å². The minimum atomic E-state index is -0.612. The first kappa shape index (κ1) is 18.5. The molecule has 7 nitrogen and oxygen atoms in total. The Hall–Kier alpha value is -2.83. The summed E-state index contributed by atoms with van der Waals surface area (Å²) in [5.41, 5.74) is -0.0115. The van der Waals surface area contributed by atoms with Crippen LogP contribution in [0.5, 0.6) is 0 Å². The number of carbonyl (C=O) groups excluding carboxylic acids is 3. The second-order valence-corrected chi connectivity index (χ2v) is 6.41. The van der Waals surface area contributed by atoms with Crippen LogP contribution in [0, 0.1) is 0 Å². The van der Waals surface area contributed by atoms with E-state index in [1.165, 1.54) is 0 Å². The Morgan fingerprint density at radius 3 is 2.56 bits per heavy atom. The van der Waals surface area contributed by atoms with Crippen molar-refractivity contribution in [2.45, 2.75) is 32.8 Å². The van der Waals surface area contributed by atoms with E-state index in [1.807, 2.05) is 12.1 Å². The van der Waals surface area contributed by atoms with Crippen LogP contribution in [-0.4, -0.2) is 36.6 Å². The SMILES string of the molecule is CC(C)(C)OC(=O)NCCC(=O)OCC(=O)c1cc2ccccc2o1. The number of nitrogens with one attached hydrogen (secondary N) is 1. The molecule has 0 aliphatic carbocycles. The number of ether oxygens (including phenoxy) is 2. The van der Waals surface area contributed by atoms with Gasteiger partial charge in [0.05, 0.1) is 6.42 Å². The Bertz CT molecular complexity index is 738. The first-order valence-electron chi connectivity index (χ1n) is 7.89. The van der Waals surface area contributed by atoms with E-state index in [-0.39, 0.29) is 18.7 Å². The van der Waals surface area contributed by atoms with Gasteiger partial charge in [0.2, 0.25) is 5.78 Å². The highest BCUT2D eigenvalue weighted by Gasteiger charge is 2.17. The normalized spacial score (nSPS) is 11.2. The van der Waals surface area contributed by atoms with E-state index in [2.05, 4.69) is 5.32 Å². The van der Waals surface area contributed by atoms with Crippen molar-refractivity contribution in [1.82, 2.24) is 5.32 Å². The van der Waals surface area contributed by atoms with E-state index < -0.39 is 30.1 Å². The van der Waals surface area contributed by atoms with Crippen molar-refractivity contribution >= 4 is 28.8 Å². The largest absolute Gasteiger partial charge is 0.457 e. The molecule has 1 heterocycles. The van der Waals surface area contributed by atoms with Gasteiger partial charge in [0, 0.05) is 11.9 Å². The van der Waals surface area contributed by atoms with Gasteiger partial charge in [-0.05, 0) is 32.9 Å². The molecule has 0 spiro atoms. The molecule has 0 fully saturated rings. The third kappa shape index (κ3) is 5.95. The van der Waals surface area contributed by atoms with Gasteiger partial charge in [-0.1, -0.05) is 18.2 Å². The number of rotatable bonds is 6. The molecule has 0 aliphatic rings. The molecule has 0 atom stereocenters. The van der Waals surface area contributed by atoms with Gasteiger partial charge in [0.1, 0.15) is 11.2 Å². The van der Waals surface area contributed by atoms with Crippen LogP contribution in [-0.2, 0) is 14.3 Å². The molecule has 2 rings (SSSR count). The van der Waals surface area contributed by atoms with E-state index in [1.54, 1.807) is 39.0 Å². The summed E-state index contributed by atoms with van der Waals surface area (Å²) in [6, 6.07) is 8.82. The Kier molecular flexibility index (Phi) is 5.80. The Morgan fingerprint density at radius 2 is 1.88 bits per heavy atom. The quantitative estimate of drug-likeness (QED) is 0.637. The van der Waals surface area contributed by atoms with E-state index in [9.17, 15) is 14.4 Å². The lowest BCUT2D eigenvalue weighted by molar-refractivity contribution is -0.142. The zero-order valence-corrected chi connectivity index (χ0v) is 14.5. The van der Waals surface area contributed by atoms with Crippen molar-refractivity contribution in [1.29, 1.82) is 0 Å². The number of hydrogen-bond donors (Lipinski definition) is 1. The highest BCUT2D eigenvalue weighted by Crippen LogP contribution is 2.19. The third-order valence-corrected chi connectivity index (χ3v) is 3.06. The number of fused-ring (bicyclic) bond motifs is 1. The predicted molar refractivity (Wildman–Crippen MR) is 90.4 cm³/mol. The average Bonchev–Trinajstić information content (AvgIpc) is 2.95. The molecule has 0 bridgehead atoms. The van der Waals surface area contributed by atoms with Crippen molar-refractivity contribution in [3.05, 3.63) is 36.1 Å². The van der Waals surface area contributed by atoms with E-state index in [0.717, 1.165) is 5.39 Å². The van der Waals surface area contributed by atoms with Crippen LogP contribution in [0.3, 0.4) is 0 Å². The summed E-state index contributed by atoms with van der Waals surface area (Å²) in [4.78, 5) is 35.0. The molecule has 0 unspecified atom stereocenters. The maximum Gasteiger partial charge on any atom is 0.407 e. The average molecular weight is 347 g/mol. The lowest BCUT2D eigenvalue weighted by Gasteiger charge is -2.19. The highest BCUT2D eigenvalue weighted by molar-refractivity contribution is 5.99. The van der Waals surface area contributed by atoms with E-state index in [4.69, 9.17) is 13.9 Å². The monoisotopic (exact) mass is 347 g/mol. The van der Waals surface area contributed by atoms with Crippen LogP contribution in [0.4, 0.5) is 4.79 Å². The summed E-state index contributed by atoms with van der Waals surface area (Å²) >= 11 is 0. The first-order chi connectivity index (χ1) is 11.7. The van der Waals surface area contributed by atoms with Gasteiger partial charge in [-0.25, -0.2) is 4.79 Å².